The Morgan fingerprint density at radius 3 is 2.34 bits per heavy atom. The highest BCUT2D eigenvalue weighted by Gasteiger charge is 2.57. The minimum Gasteiger partial charge on any atom is -0.508 e. The number of amides is 1. The molecule has 3 N–H and O–H groups in total. The molecule has 1 saturated carbocycles. The number of phenolic OH excluding ortho intramolecular Hbond substituents is 1. The Balaban J connectivity index is 0.000000221. The average Bonchev–Trinajstić information content (AvgIpc) is 3.31. The number of nitrogens with two attached hydrogens (primary N) is 1. The van der Waals surface area contributed by atoms with Crippen molar-refractivity contribution in [3.8, 4) is 5.75 Å². The molecule has 190 valence electrons. The summed E-state index contributed by atoms with van der Waals surface area (Å²) < 4.78 is 21.5. The van der Waals surface area contributed by atoms with Crippen LogP contribution in [0.25, 0.3) is 0 Å². The molecular formula is C28H38N2O4S. The zero-order chi connectivity index (χ0) is 25.6. The van der Waals surface area contributed by atoms with Crippen LogP contribution in [0.2, 0.25) is 0 Å². The van der Waals surface area contributed by atoms with Crippen molar-refractivity contribution in [3.05, 3.63) is 59.2 Å². The number of primary sulfonamides is 1. The topological polar surface area (TPSA) is 101 Å². The monoisotopic (exact) mass is 498 g/mol. The van der Waals surface area contributed by atoms with E-state index in [0.717, 1.165) is 43.4 Å². The first-order valence-electron chi connectivity index (χ1n) is 12.6. The maximum atomic E-state index is 13.2. The van der Waals surface area contributed by atoms with Gasteiger partial charge in [0.1, 0.15) is 5.75 Å². The van der Waals surface area contributed by atoms with Crippen molar-refractivity contribution in [3.63, 3.8) is 0 Å². The minimum absolute atomic E-state index is 0.0104. The second-order valence-corrected chi connectivity index (χ2v) is 12.8. The van der Waals surface area contributed by atoms with Crippen LogP contribution in [0.15, 0.2) is 47.4 Å². The molecule has 1 unspecified atom stereocenters. The third kappa shape index (κ3) is 4.60. The summed E-state index contributed by atoms with van der Waals surface area (Å²) in [5.41, 5.74) is 3.26. The smallest absolute Gasteiger partial charge is 0.238 e. The maximum absolute atomic E-state index is 13.2. The number of phenols is 1. The molecule has 2 bridgehead atoms. The summed E-state index contributed by atoms with van der Waals surface area (Å²) in [5.74, 6) is 0.997. The van der Waals surface area contributed by atoms with Crippen molar-refractivity contribution in [2.75, 3.05) is 6.54 Å². The van der Waals surface area contributed by atoms with E-state index in [1.807, 2.05) is 19.1 Å². The Morgan fingerprint density at radius 1 is 1.09 bits per heavy atom. The van der Waals surface area contributed by atoms with E-state index in [2.05, 4.69) is 31.7 Å². The van der Waals surface area contributed by atoms with Gasteiger partial charge < -0.3 is 10.0 Å². The molecule has 2 aromatic carbocycles. The molecule has 0 spiro atoms. The number of benzene rings is 2. The highest BCUT2D eigenvalue weighted by molar-refractivity contribution is 7.89. The summed E-state index contributed by atoms with van der Waals surface area (Å²) >= 11 is 0. The van der Waals surface area contributed by atoms with Crippen LogP contribution in [0.3, 0.4) is 0 Å². The third-order valence-electron chi connectivity index (χ3n) is 8.93. The molecule has 1 aliphatic heterocycles. The van der Waals surface area contributed by atoms with Crippen molar-refractivity contribution in [1.82, 2.24) is 4.90 Å². The third-order valence-corrected chi connectivity index (χ3v) is 9.84. The number of nitrogens with zero attached hydrogens (tertiary/aromatic N) is 1. The van der Waals surface area contributed by atoms with Crippen LogP contribution >= 0.6 is 0 Å². The van der Waals surface area contributed by atoms with Gasteiger partial charge in [-0.15, -0.1) is 0 Å². The summed E-state index contributed by atoms with van der Waals surface area (Å²) in [4.78, 5) is 15.5. The quantitative estimate of drug-likeness (QED) is 0.628. The molecule has 1 saturated heterocycles. The molecule has 3 aliphatic rings. The van der Waals surface area contributed by atoms with Crippen molar-refractivity contribution in [1.29, 1.82) is 0 Å². The zero-order valence-corrected chi connectivity index (χ0v) is 22.1. The fourth-order valence-corrected chi connectivity index (χ4v) is 7.01. The Morgan fingerprint density at radius 2 is 1.74 bits per heavy atom. The Hall–Kier alpha value is -2.38. The molecule has 2 aliphatic carbocycles. The van der Waals surface area contributed by atoms with E-state index in [9.17, 15) is 18.3 Å². The highest BCUT2D eigenvalue weighted by atomic mass is 32.2. The molecule has 2 atom stereocenters. The molecule has 5 rings (SSSR count). The molecule has 2 fully saturated rings. The number of fused-ring (bicyclic) bond motifs is 4. The van der Waals surface area contributed by atoms with E-state index in [0.29, 0.717) is 11.7 Å². The summed E-state index contributed by atoms with van der Waals surface area (Å²) in [7, 11) is -3.53. The average molecular weight is 499 g/mol. The Labute approximate surface area is 209 Å². The molecule has 6 nitrogen and oxygen atoms in total. The van der Waals surface area contributed by atoms with Crippen molar-refractivity contribution in [2.24, 2.45) is 16.5 Å². The van der Waals surface area contributed by atoms with Gasteiger partial charge in [-0.2, -0.15) is 0 Å². The van der Waals surface area contributed by atoms with Crippen LogP contribution in [0, 0.1) is 18.3 Å². The lowest BCUT2D eigenvalue weighted by Crippen LogP contribution is -2.65. The number of aryl methyl sites for hydroxylation is 1. The van der Waals surface area contributed by atoms with E-state index >= 15 is 0 Å². The first kappa shape index (κ1) is 25.7. The number of hydrogen-bond acceptors (Lipinski definition) is 4. The van der Waals surface area contributed by atoms with E-state index < -0.39 is 10.0 Å². The molecule has 35 heavy (non-hydrogen) atoms. The molecular weight excluding hydrogens is 460 g/mol. The molecule has 2 aromatic rings. The predicted octanol–water partition coefficient (Wildman–Crippen LogP) is 4.67. The van der Waals surface area contributed by atoms with Gasteiger partial charge in [-0.3, -0.25) is 4.79 Å². The Kier molecular flexibility index (Phi) is 6.79. The minimum atomic E-state index is -3.53. The number of carbonyl (C=O) groups excluding carboxylic acids is 1. The standard InChI is InChI=1S/C21H29NO2.C7H9NO2S/c1-20(2)18-13-15-16(9-6-10-17(15)23)21(20,3)11-12-22(18)19(24)14-7-4-5-8-14;1-6-3-2-4-7(5-6)11(8,9)10/h6,9-10,14,18,23H,4-5,7-8,11-13H2,1-3H3;2-5H,1H3,(H2,8,9,10)/t18?,21-;/m0./s1. The predicted molar refractivity (Wildman–Crippen MR) is 138 cm³/mol. The second kappa shape index (κ2) is 9.25. The first-order chi connectivity index (χ1) is 16.4. The lowest BCUT2D eigenvalue weighted by molar-refractivity contribution is -0.148. The van der Waals surface area contributed by atoms with Gasteiger partial charge in [0.25, 0.3) is 0 Å². The normalized spacial score (nSPS) is 25.4. The van der Waals surface area contributed by atoms with E-state index in [1.54, 1.807) is 12.1 Å². The number of aromatic hydroxyl groups is 1. The molecule has 1 amide bonds. The molecule has 7 heteroatoms. The maximum Gasteiger partial charge on any atom is 0.238 e. The summed E-state index contributed by atoms with van der Waals surface area (Å²) in [6.45, 7) is 9.63. The number of hydrogen-bond donors (Lipinski definition) is 2. The van der Waals surface area contributed by atoms with Crippen LogP contribution in [-0.2, 0) is 26.7 Å². The van der Waals surface area contributed by atoms with Gasteiger partial charge in [-0.1, -0.05) is 57.9 Å². The van der Waals surface area contributed by atoms with Crippen LogP contribution in [0.4, 0.5) is 0 Å². The van der Waals surface area contributed by atoms with E-state index in [-0.39, 0.29) is 27.7 Å². The first-order valence-corrected chi connectivity index (χ1v) is 14.1. The lowest BCUT2D eigenvalue weighted by Gasteiger charge is -2.61. The van der Waals surface area contributed by atoms with E-state index in [1.165, 1.54) is 30.5 Å². The van der Waals surface area contributed by atoms with Crippen LogP contribution in [0.5, 0.6) is 5.75 Å². The largest absolute Gasteiger partial charge is 0.508 e. The number of rotatable bonds is 2. The fourth-order valence-electron chi connectivity index (χ4n) is 6.39. The number of carbonyl (C=O) groups is 1. The second-order valence-electron chi connectivity index (χ2n) is 11.2. The van der Waals surface area contributed by atoms with Gasteiger partial charge in [0.15, 0.2) is 0 Å². The van der Waals surface area contributed by atoms with Gasteiger partial charge in [0.05, 0.1) is 4.90 Å². The number of sulfonamides is 1. The van der Waals surface area contributed by atoms with E-state index in [4.69, 9.17) is 5.14 Å². The summed E-state index contributed by atoms with van der Waals surface area (Å²) in [6, 6.07) is 12.6. The number of likely N-dealkylation sites (tertiary alicyclic amines) is 1. The zero-order valence-electron chi connectivity index (χ0n) is 21.3. The summed E-state index contributed by atoms with van der Waals surface area (Å²) in [5, 5.41) is 15.3. The highest BCUT2D eigenvalue weighted by Crippen LogP contribution is 2.57. The van der Waals surface area contributed by atoms with Crippen LogP contribution in [-0.4, -0.2) is 36.9 Å². The summed E-state index contributed by atoms with van der Waals surface area (Å²) in [6.07, 6.45) is 6.26. The number of piperidine rings is 1. The van der Waals surface area contributed by atoms with Gasteiger partial charge in [0.2, 0.25) is 15.9 Å². The lowest BCUT2D eigenvalue weighted by atomic mass is 9.51. The van der Waals surface area contributed by atoms with Gasteiger partial charge in [-0.25, -0.2) is 13.6 Å². The fraction of sp³-hybridized carbons (Fsp3) is 0.536. The van der Waals surface area contributed by atoms with Crippen molar-refractivity contribution >= 4 is 15.9 Å². The Bertz CT molecular complexity index is 1220. The molecule has 1 heterocycles. The van der Waals surface area contributed by atoms with Crippen molar-refractivity contribution in [2.45, 2.75) is 82.6 Å². The van der Waals surface area contributed by atoms with Gasteiger partial charge in [0, 0.05) is 23.9 Å². The van der Waals surface area contributed by atoms with Crippen molar-refractivity contribution < 1.29 is 18.3 Å². The molecule has 0 radical (unpaired) electrons. The molecule has 0 aromatic heterocycles. The van der Waals surface area contributed by atoms with Crippen LogP contribution < -0.4 is 5.14 Å². The van der Waals surface area contributed by atoms with Gasteiger partial charge in [-0.05, 0) is 72.9 Å². The van der Waals surface area contributed by atoms with Gasteiger partial charge >= 0.3 is 0 Å². The SMILES string of the molecule is CC1(C)C2Cc3c(O)cccc3[C@]1(C)CCN2C(=O)C1CCCC1.Cc1cccc(S(N)(=O)=O)c1. The van der Waals surface area contributed by atoms with Crippen LogP contribution in [0.1, 0.15) is 69.6 Å².